The van der Waals surface area contributed by atoms with Gasteiger partial charge in [0.15, 0.2) is 5.69 Å². The van der Waals surface area contributed by atoms with E-state index in [9.17, 15) is 4.79 Å². The van der Waals surface area contributed by atoms with Crippen molar-refractivity contribution in [3.63, 3.8) is 0 Å². The molecule has 0 aliphatic rings. The van der Waals surface area contributed by atoms with E-state index in [-0.39, 0.29) is 11.8 Å². The Morgan fingerprint density at radius 2 is 2.21 bits per heavy atom. The maximum atomic E-state index is 11.1. The summed E-state index contributed by atoms with van der Waals surface area (Å²) in [5.41, 5.74) is 0.0336. The number of nitrogens with zero attached hydrogens (tertiary/aromatic N) is 1. The second kappa shape index (κ2) is 5.67. The summed E-state index contributed by atoms with van der Waals surface area (Å²) in [5, 5.41) is 14.0. The molecule has 0 amide bonds. The molecule has 0 spiro atoms. The van der Waals surface area contributed by atoms with E-state index in [0.29, 0.717) is 12.4 Å². The molecule has 2 rings (SSSR count). The molecule has 100 valence electrons. The summed E-state index contributed by atoms with van der Waals surface area (Å²) in [5.74, 6) is -0.465. The Hall–Kier alpha value is -2.14. The average Bonchev–Trinajstić information content (AvgIpc) is 2.43. The third kappa shape index (κ3) is 3.00. The van der Waals surface area contributed by atoms with Gasteiger partial charge in [0, 0.05) is 19.0 Å². The minimum atomic E-state index is -1.03. The van der Waals surface area contributed by atoms with Crippen molar-refractivity contribution in [2.75, 3.05) is 19.0 Å². The van der Waals surface area contributed by atoms with E-state index in [1.807, 2.05) is 31.2 Å². The predicted molar refractivity (Wildman–Crippen MR) is 73.7 cm³/mol. The first-order valence-electron chi connectivity index (χ1n) is 6.01. The van der Waals surface area contributed by atoms with Gasteiger partial charge >= 0.3 is 5.97 Å². The zero-order chi connectivity index (χ0) is 13.8. The lowest BCUT2D eigenvalue weighted by atomic mass is 10.1. The van der Waals surface area contributed by atoms with Crippen molar-refractivity contribution in [3.05, 3.63) is 36.0 Å². The Kier molecular flexibility index (Phi) is 3.97. The summed E-state index contributed by atoms with van der Waals surface area (Å²) < 4.78 is 5.16. The second-order valence-corrected chi connectivity index (χ2v) is 4.31. The Labute approximate surface area is 111 Å². The van der Waals surface area contributed by atoms with Gasteiger partial charge in [0.05, 0.1) is 6.10 Å². The van der Waals surface area contributed by atoms with Crippen LogP contribution in [0.3, 0.4) is 0 Å². The van der Waals surface area contributed by atoms with Gasteiger partial charge in [0.1, 0.15) is 5.82 Å². The molecule has 1 aromatic carbocycles. The zero-order valence-corrected chi connectivity index (χ0v) is 10.9. The fourth-order valence-electron chi connectivity index (χ4n) is 1.77. The van der Waals surface area contributed by atoms with Crippen LogP contribution in [0.1, 0.15) is 17.4 Å². The number of nitrogens with one attached hydrogen (secondary N) is 1. The van der Waals surface area contributed by atoms with Crippen molar-refractivity contribution in [2.45, 2.75) is 13.0 Å². The molecule has 2 aromatic rings. The Bertz CT molecular complexity index is 598. The number of carboxylic acids is 1. The maximum Gasteiger partial charge on any atom is 0.354 e. The number of fused-ring (bicyclic) bond motifs is 1. The van der Waals surface area contributed by atoms with Crippen LogP contribution in [-0.2, 0) is 4.74 Å². The third-order valence-electron chi connectivity index (χ3n) is 2.92. The molecule has 1 heterocycles. The van der Waals surface area contributed by atoms with Crippen LogP contribution in [0.25, 0.3) is 10.8 Å². The number of aromatic carboxylic acids is 1. The number of methoxy groups -OCH3 is 1. The van der Waals surface area contributed by atoms with Crippen LogP contribution in [0.5, 0.6) is 0 Å². The van der Waals surface area contributed by atoms with Gasteiger partial charge in [-0.3, -0.25) is 0 Å². The number of hydrogen-bond acceptors (Lipinski definition) is 4. The van der Waals surface area contributed by atoms with Crippen molar-refractivity contribution in [3.8, 4) is 0 Å². The Morgan fingerprint density at radius 1 is 1.47 bits per heavy atom. The molecule has 2 N–H and O–H groups in total. The largest absolute Gasteiger partial charge is 0.477 e. The topological polar surface area (TPSA) is 71.5 Å². The molecular formula is C14H16N2O3. The highest BCUT2D eigenvalue weighted by atomic mass is 16.5. The number of ether oxygens (including phenoxy) is 1. The van der Waals surface area contributed by atoms with E-state index in [2.05, 4.69) is 10.3 Å². The van der Waals surface area contributed by atoms with E-state index in [1.165, 1.54) is 0 Å². The van der Waals surface area contributed by atoms with Crippen LogP contribution in [0.2, 0.25) is 0 Å². The molecule has 0 aliphatic heterocycles. The Balaban J connectivity index is 2.41. The van der Waals surface area contributed by atoms with Crippen molar-refractivity contribution >= 4 is 22.6 Å². The highest BCUT2D eigenvalue weighted by molar-refractivity contribution is 5.97. The summed E-state index contributed by atoms with van der Waals surface area (Å²) in [7, 11) is 1.63. The minimum Gasteiger partial charge on any atom is -0.477 e. The molecule has 0 saturated heterocycles. The van der Waals surface area contributed by atoms with Crippen LogP contribution >= 0.6 is 0 Å². The number of anilines is 1. The number of aromatic nitrogens is 1. The molecule has 0 radical (unpaired) electrons. The van der Waals surface area contributed by atoms with Crippen LogP contribution in [0, 0.1) is 0 Å². The van der Waals surface area contributed by atoms with Crippen molar-refractivity contribution < 1.29 is 14.6 Å². The normalized spacial score (nSPS) is 12.3. The number of carbonyl (C=O) groups is 1. The van der Waals surface area contributed by atoms with Gasteiger partial charge in [0.2, 0.25) is 0 Å². The molecule has 5 nitrogen and oxygen atoms in total. The van der Waals surface area contributed by atoms with Crippen LogP contribution in [0.15, 0.2) is 30.3 Å². The van der Waals surface area contributed by atoms with Gasteiger partial charge in [0.25, 0.3) is 0 Å². The van der Waals surface area contributed by atoms with Gasteiger partial charge in [-0.1, -0.05) is 24.3 Å². The van der Waals surface area contributed by atoms with Crippen molar-refractivity contribution in [1.82, 2.24) is 4.98 Å². The molecule has 0 saturated carbocycles. The first-order chi connectivity index (χ1) is 9.11. The number of benzene rings is 1. The van der Waals surface area contributed by atoms with E-state index >= 15 is 0 Å². The van der Waals surface area contributed by atoms with E-state index < -0.39 is 5.97 Å². The molecule has 0 aliphatic carbocycles. The van der Waals surface area contributed by atoms with Crippen LogP contribution in [0.4, 0.5) is 5.82 Å². The summed E-state index contributed by atoms with van der Waals surface area (Å²) >= 11 is 0. The molecule has 1 unspecified atom stereocenters. The summed E-state index contributed by atoms with van der Waals surface area (Å²) in [4.78, 5) is 15.2. The van der Waals surface area contributed by atoms with E-state index in [0.717, 1.165) is 10.8 Å². The zero-order valence-electron chi connectivity index (χ0n) is 10.9. The molecular weight excluding hydrogens is 244 g/mol. The number of carboxylic acid groups (broad SMARTS) is 1. The third-order valence-corrected chi connectivity index (χ3v) is 2.92. The van der Waals surface area contributed by atoms with Gasteiger partial charge in [-0.05, 0) is 18.4 Å². The van der Waals surface area contributed by atoms with Gasteiger partial charge in [-0.2, -0.15) is 0 Å². The quantitative estimate of drug-likeness (QED) is 0.863. The monoisotopic (exact) mass is 260 g/mol. The fraction of sp³-hybridized carbons (Fsp3) is 0.286. The van der Waals surface area contributed by atoms with Gasteiger partial charge in [-0.25, -0.2) is 9.78 Å². The predicted octanol–water partition coefficient (Wildman–Crippen LogP) is 2.38. The lowest BCUT2D eigenvalue weighted by Gasteiger charge is -2.13. The lowest BCUT2D eigenvalue weighted by Crippen LogP contribution is -2.19. The summed E-state index contributed by atoms with van der Waals surface area (Å²) in [6.07, 6.45) is 0.0223. The summed E-state index contributed by atoms with van der Waals surface area (Å²) in [6.45, 7) is 2.49. The standard InChI is InChI=1S/C14H16N2O3/c1-9(19-2)8-15-13-11-6-4-3-5-10(11)7-12(16-13)14(17)18/h3-7,9H,8H2,1-2H3,(H,15,16)(H,17,18). The highest BCUT2D eigenvalue weighted by Crippen LogP contribution is 2.22. The number of rotatable bonds is 5. The number of pyridine rings is 1. The second-order valence-electron chi connectivity index (χ2n) is 4.31. The van der Waals surface area contributed by atoms with Gasteiger partial charge in [-0.15, -0.1) is 0 Å². The lowest BCUT2D eigenvalue weighted by molar-refractivity contribution is 0.0691. The summed E-state index contributed by atoms with van der Waals surface area (Å²) in [6, 6.07) is 9.12. The molecule has 1 aromatic heterocycles. The molecule has 5 heteroatoms. The van der Waals surface area contributed by atoms with E-state index in [1.54, 1.807) is 13.2 Å². The van der Waals surface area contributed by atoms with Crippen LogP contribution in [-0.4, -0.2) is 35.8 Å². The maximum absolute atomic E-state index is 11.1. The molecule has 1 atom stereocenters. The SMILES string of the molecule is COC(C)CNc1nc(C(=O)O)cc2ccccc12. The molecule has 0 fully saturated rings. The minimum absolute atomic E-state index is 0.0223. The van der Waals surface area contributed by atoms with Crippen LogP contribution < -0.4 is 5.32 Å². The smallest absolute Gasteiger partial charge is 0.354 e. The molecule has 19 heavy (non-hydrogen) atoms. The number of hydrogen-bond donors (Lipinski definition) is 2. The van der Waals surface area contributed by atoms with Crippen molar-refractivity contribution in [2.24, 2.45) is 0 Å². The first-order valence-corrected chi connectivity index (χ1v) is 6.01. The average molecular weight is 260 g/mol. The van der Waals surface area contributed by atoms with E-state index in [4.69, 9.17) is 9.84 Å². The van der Waals surface area contributed by atoms with Gasteiger partial charge < -0.3 is 15.2 Å². The fourth-order valence-corrected chi connectivity index (χ4v) is 1.77. The van der Waals surface area contributed by atoms with Crippen molar-refractivity contribution in [1.29, 1.82) is 0 Å². The first kappa shape index (κ1) is 13.3. The molecule has 0 bridgehead atoms. The Morgan fingerprint density at radius 3 is 2.89 bits per heavy atom. The highest BCUT2D eigenvalue weighted by Gasteiger charge is 2.11.